The molecule has 3 nitrogen and oxygen atoms in total. The fourth-order valence-corrected chi connectivity index (χ4v) is 2.25. The van der Waals surface area contributed by atoms with Gasteiger partial charge in [-0.2, -0.15) is 0 Å². The Morgan fingerprint density at radius 3 is 2.42 bits per heavy atom. The number of hydrogen-bond acceptors (Lipinski definition) is 2. The van der Waals surface area contributed by atoms with E-state index in [9.17, 15) is 9.59 Å². The lowest BCUT2D eigenvalue weighted by Crippen LogP contribution is -2.07. The van der Waals surface area contributed by atoms with Crippen LogP contribution < -0.4 is 5.32 Å². The average Bonchev–Trinajstić information content (AvgIpc) is 2.42. The summed E-state index contributed by atoms with van der Waals surface area (Å²) in [7, 11) is 0. The van der Waals surface area contributed by atoms with E-state index >= 15 is 0 Å². The van der Waals surface area contributed by atoms with Crippen LogP contribution in [0.1, 0.15) is 15.9 Å². The second-order valence-electron chi connectivity index (χ2n) is 3.77. The number of amides is 1. The molecule has 1 N–H and O–H groups in total. The van der Waals surface area contributed by atoms with E-state index in [1.807, 2.05) is 6.07 Å². The predicted molar refractivity (Wildman–Crippen MR) is 76.0 cm³/mol. The van der Waals surface area contributed by atoms with Gasteiger partial charge < -0.3 is 5.32 Å². The van der Waals surface area contributed by atoms with Crippen molar-refractivity contribution in [1.29, 1.82) is 0 Å². The van der Waals surface area contributed by atoms with Crippen LogP contribution in [0.4, 0.5) is 5.69 Å². The Morgan fingerprint density at radius 1 is 1.11 bits per heavy atom. The lowest BCUT2D eigenvalue weighted by Gasteiger charge is -2.10. The molecule has 1 amide bonds. The summed E-state index contributed by atoms with van der Waals surface area (Å²) in [5.74, 6) is -0.255. The maximum absolute atomic E-state index is 12.4. The molecule has 2 aromatic carbocycles. The fourth-order valence-electron chi connectivity index (χ4n) is 1.70. The quantitative estimate of drug-likeness (QED) is 0.688. The van der Waals surface area contributed by atoms with Crippen LogP contribution in [0.25, 0.3) is 0 Å². The molecule has 5 heteroatoms. The summed E-state index contributed by atoms with van der Waals surface area (Å²) in [5.41, 5.74) is 1.01. The van der Waals surface area contributed by atoms with Crippen molar-refractivity contribution in [3.05, 3.63) is 63.6 Å². The zero-order valence-corrected chi connectivity index (χ0v) is 11.2. The summed E-state index contributed by atoms with van der Waals surface area (Å²) in [6.45, 7) is 0. The van der Waals surface area contributed by atoms with E-state index in [-0.39, 0.29) is 22.1 Å². The highest BCUT2D eigenvalue weighted by molar-refractivity contribution is 6.38. The van der Waals surface area contributed by atoms with Gasteiger partial charge in [-0.1, -0.05) is 53.5 Å². The molecule has 0 aliphatic heterocycles. The van der Waals surface area contributed by atoms with E-state index in [1.165, 1.54) is 12.1 Å². The number of carbonyl (C=O) groups excluding carboxylic acids is 2. The predicted octanol–water partition coefficient (Wildman–Crippen LogP) is 3.79. The number of ketones is 1. The summed E-state index contributed by atoms with van der Waals surface area (Å²) in [4.78, 5) is 23.0. The maximum atomic E-state index is 12.4. The van der Waals surface area contributed by atoms with Gasteiger partial charge >= 0.3 is 0 Å². The van der Waals surface area contributed by atoms with Crippen molar-refractivity contribution in [2.24, 2.45) is 0 Å². The van der Waals surface area contributed by atoms with Crippen molar-refractivity contribution >= 4 is 41.1 Å². The van der Waals surface area contributed by atoms with Crippen LogP contribution in [0.3, 0.4) is 0 Å². The van der Waals surface area contributed by atoms with Gasteiger partial charge in [-0.25, -0.2) is 0 Å². The van der Waals surface area contributed by atoms with E-state index in [1.54, 1.807) is 24.3 Å². The molecule has 0 fully saturated rings. The third-order valence-electron chi connectivity index (χ3n) is 2.54. The van der Waals surface area contributed by atoms with Crippen LogP contribution in [0, 0.1) is 0 Å². The Balaban J connectivity index is 2.55. The van der Waals surface area contributed by atoms with Crippen LogP contribution in [-0.2, 0) is 4.79 Å². The van der Waals surface area contributed by atoms with Crippen LogP contribution in [0.2, 0.25) is 10.0 Å². The minimum absolute atomic E-state index is 0.221. The van der Waals surface area contributed by atoms with Crippen LogP contribution in [-0.4, -0.2) is 12.2 Å². The van der Waals surface area contributed by atoms with Gasteiger partial charge in [0.2, 0.25) is 6.41 Å². The largest absolute Gasteiger partial charge is 0.327 e. The maximum Gasteiger partial charge on any atom is 0.211 e. The highest BCUT2D eigenvalue weighted by Crippen LogP contribution is 2.31. The van der Waals surface area contributed by atoms with Crippen molar-refractivity contribution in [3.8, 4) is 0 Å². The summed E-state index contributed by atoms with van der Waals surface area (Å²) >= 11 is 11.9. The molecule has 0 aromatic heterocycles. The molecule has 0 saturated heterocycles. The van der Waals surface area contributed by atoms with Crippen molar-refractivity contribution < 1.29 is 9.59 Å². The van der Waals surface area contributed by atoms with E-state index in [0.29, 0.717) is 17.0 Å². The third kappa shape index (κ3) is 2.95. The molecule has 0 unspecified atom stereocenters. The summed E-state index contributed by atoms with van der Waals surface area (Å²) in [6.07, 6.45) is 0.469. The minimum Gasteiger partial charge on any atom is -0.327 e. The highest BCUT2D eigenvalue weighted by Gasteiger charge is 2.17. The first-order chi connectivity index (χ1) is 9.13. The van der Waals surface area contributed by atoms with Gasteiger partial charge in [0.15, 0.2) is 5.78 Å². The topological polar surface area (TPSA) is 46.2 Å². The molecule has 0 heterocycles. The number of rotatable bonds is 4. The van der Waals surface area contributed by atoms with E-state index in [0.717, 1.165) is 0 Å². The van der Waals surface area contributed by atoms with Crippen molar-refractivity contribution in [2.75, 3.05) is 5.32 Å². The Bertz CT molecular complexity index is 627. The molecule has 0 spiro atoms. The second-order valence-corrected chi connectivity index (χ2v) is 4.61. The van der Waals surface area contributed by atoms with Gasteiger partial charge in [0.25, 0.3) is 0 Å². The molecule has 2 aromatic rings. The summed E-state index contributed by atoms with van der Waals surface area (Å²) in [5, 5.41) is 2.99. The minimum atomic E-state index is -0.255. The van der Waals surface area contributed by atoms with E-state index < -0.39 is 0 Å². The Labute approximate surface area is 120 Å². The molecular weight excluding hydrogens is 285 g/mol. The first kappa shape index (κ1) is 13.6. The fraction of sp³-hybridized carbons (Fsp3) is 0. The normalized spacial score (nSPS) is 10.0. The SMILES string of the molecule is O=CNc1c(Cl)cc(Cl)cc1C(=O)c1ccccc1. The Hall–Kier alpha value is -1.84. The molecule has 0 atom stereocenters. The smallest absolute Gasteiger partial charge is 0.211 e. The zero-order chi connectivity index (χ0) is 13.8. The van der Waals surface area contributed by atoms with Crippen molar-refractivity contribution in [3.63, 3.8) is 0 Å². The number of benzene rings is 2. The van der Waals surface area contributed by atoms with Gasteiger partial charge in [0, 0.05) is 16.1 Å². The molecule has 0 bridgehead atoms. The summed E-state index contributed by atoms with van der Waals surface area (Å²) in [6, 6.07) is 11.6. The van der Waals surface area contributed by atoms with Crippen LogP contribution in [0.15, 0.2) is 42.5 Å². The van der Waals surface area contributed by atoms with E-state index in [2.05, 4.69) is 5.32 Å². The number of hydrogen-bond donors (Lipinski definition) is 1. The number of carbonyl (C=O) groups is 2. The molecule has 19 heavy (non-hydrogen) atoms. The van der Waals surface area contributed by atoms with Crippen LogP contribution in [0.5, 0.6) is 0 Å². The average molecular weight is 294 g/mol. The van der Waals surface area contributed by atoms with Crippen LogP contribution >= 0.6 is 23.2 Å². The third-order valence-corrected chi connectivity index (χ3v) is 3.06. The molecule has 0 aliphatic carbocycles. The van der Waals surface area contributed by atoms with Gasteiger partial charge in [0.05, 0.1) is 10.7 Å². The van der Waals surface area contributed by atoms with E-state index in [4.69, 9.17) is 23.2 Å². The lowest BCUT2D eigenvalue weighted by atomic mass is 10.0. The molecule has 2 rings (SSSR count). The first-order valence-corrected chi connectivity index (χ1v) is 6.18. The number of halogens is 2. The highest BCUT2D eigenvalue weighted by atomic mass is 35.5. The van der Waals surface area contributed by atoms with Gasteiger partial charge in [-0.05, 0) is 12.1 Å². The zero-order valence-electron chi connectivity index (χ0n) is 9.69. The molecule has 0 saturated carbocycles. The Morgan fingerprint density at radius 2 is 1.79 bits per heavy atom. The molecule has 0 radical (unpaired) electrons. The molecule has 0 aliphatic rings. The summed E-state index contributed by atoms with van der Waals surface area (Å²) < 4.78 is 0. The number of nitrogens with one attached hydrogen (secondary N) is 1. The Kier molecular flexibility index (Phi) is 4.20. The van der Waals surface area contributed by atoms with Crippen molar-refractivity contribution in [2.45, 2.75) is 0 Å². The lowest BCUT2D eigenvalue weighted by molar-refractivity contribution is -0.105. The van der Waals surface area contributed by atoms with Crippen molar-refractivity contribution in [1.82, 2.24) is 0 Å². The number of anilines is 1. The molecular formula is C14H9Cl2NO2. The van der Waals surface area contributed by atoms with Gasteiger partial charge in [-0.3, -0.25) is 9.59 Å². The standard InChI is InChI=1S/C14H9Cl2NO2/c15-10-6-11(13(17-8-18)12(16)7-10)14(19)9-4-2-1-3-5-9/h1-8H,(H,17,18). The molecule has 96 valence electrons. The monoisotopic (exact) mass is 293 g/mol. The second kappa shape index (κ2) is 5.87. The van der Waals surface area contributed by atoms with Gasteiger partial charge in [0.1, 0.15) is 0 Å². The van der Waals surface area contributed by atoms with Gasteiger partial charge in [-0.15, -0.1) is 0 Å². The first-order valence-electron chi connectivity index (χ1n) is 5.42.